The summed E-state index contributed by atoms with van der Waals surface area (Å²) in [6.07, 6.45) is -1.66. The molecule has 2 aromatic carbocycles. The smallest absolute Gasteiger partial charge is 0.407 e. The van der Waals surface area contributed by atoms with Gasteiger partial charge in [0.15, 0.2) is 6.10 Å². The van der Waals surface area contributed by atoms with Crippen LogP contribution < -0.4 is 10.6 Å². The van der Waals surface area contributed by atoms with Gasteiger partial charge in [-0.3, -0.25) is 9.59 Å². The second-order valence-corrected chi connectivity index (χ2v) is 9.69. The van der Waals surface area contributed by atoms with Gasteiger partial charge >= 0.3 is 12.1 Å². The molecule has 2 aromatic rings. The molecule has 1 aliphatic carbocycles. The van der Waals surface area contributed by atoms with Crippen LogP contribution in [0.5, 0.6) is 0 Å². The minimum absolute atomic E-state index is 0.0697. The number of amides is 2. The second-order valence-electron chi connectivity index (χ2n) is 9.69. The molecule has 0 heterocycles. The molecule has 0 saturated carbocycles. The Hall–Kier alpha value is -3.39. The largest absolute Gasteiger partial charge is 0.481 e. The Labute approximate surface area is 206 Å². The third-order valence-corrected chi connectivity index (χ3v) is 6.65. The number of aliphatic carboxylic acids is 1. The van der Waals surface area contributed by atoms with Gasteiger partial charge in [0, 0.05) is 19.1 Å². The Bertz CT molecular complexity index is 1040. The van der Waals surface area contributed by atoms with Gasteiger partial charge < -0.3 is 25.2 Å². The molecule has 0 radical (unpaired) electrons. The Morgan fingerprint density at radius 1 is 1.00 bits per heavy atom. The molecule has 35 heavy (non-hydrogen) atoms. The summed E-state index contributed by atoms with van der Waals surface area (Å²) in [6, 6.07) is 15.5. The number of rotatable bonds is 10. The first-order valence-electron chi connectivity index (χ1n) is 11.7. The number of nitrogens with one attached hydrogen (secondary N) is 2. The number of alkyl carbamates (subject to hydrolysis) is 1. The first-order valence-corrected chi connectivity index (χ1v) is 11.7. The van der Waals surface area contributed by atoms with E-state index in [4.69, 9.17) is 9.47 Å². The van der Waals surface area contributed by atoms with Crippen molar-refractivity contribution >= 4 is 18.0 Å². The van der Waals surface area contributed by atoms with Crippen molar-refractivity contribution in [2.24, 2.45) is 11.3 Å². The quantitative estimate of drug-likeness (QED) is 0.475. The van der Waals surface area contributed by atoms with E-state index in [1.165, 1.54) is 7.11 Å². The molecule has 2 unspecified atom stereocenters. The molecule has 3 rings (SSSR count). The lowest BCUT2D eigenvalue weighted by Crippen LogP contribution is -2.55. The molecule has 2 atom stereocenters. The molecule has 8 heteroatoms. The number of hydrogen-bond donors (Lipinski definition) is 3. The second kappa shape index (κ2) is 10.9. The van der Waals surface area contributed by atoms with E-state index in [2.05, 4.69) is 22.8 Å². The summed E-state index contributed by atoms with van der Waals surface area (Å²) in [7, 11) is 1.36. The molecule has 2 amide bonds. The molecule has 0 saturated heterocycles. The van der Waals surface area contributed by atoms with E-state index in [0.29, 0.717) is 0 Å². The topological polar surface area (TPSA) is 114 Å². The Morgan fingerprint density at radius 3 is 2.03 bits per heavy atom. The van der Waals surface area contributed by atoms with Gasteiger partial charge in [0.05, 0.1) is 12.0 Å². The van der Waals surface area contributed by atoms with Gasteiger partial charge in [-0.1, -0.05) is 62.4 Å². The SMILES string of the molecule is COC(CNC(=O)OCC1c2ccccc2-c2ccccc21)C(=O)NC(C(C)C)C(C)(C)C(=O)O. The van der Waals surface area contributed by atoms with Gasteiger partial charge in [-0.2, -0.15) is 0 Å². The standard InChI is InChI=1S/C27H34N2O6/c1-16(2)23(27(3,4)25(31)32)29-24(30)22(34-5)14-28-26(33)35-15-21-19-12-8-6-10-17(19)18-11-7-9-13-20(18)21/h6-13,16,21-23H,14-15H2,1-5H3,(H,28,33)(H,29,30)(H,31,32). The highest BCUT2D eigenvalue weighted by atomic mass is 16.5. The van der Waals surface area contributed by atoms with Crippen molar-refractivity contribution in [1.29, 1.82) is 0 Å². The third-order valence-electron chi connectivity index (χ3n) is 6.65. The average Bonchev–Trinajstić information content (AvgIpc) is 3.14. The maximum Gasteiger partial charge on any atom is 0.407 e. The number of fused-ring (bicyclic) bond motifs is 3. The summed E-state index contributed by atoms with van der Waals surface area (Å²) < 4.78 is 10.8. The van der Waals surface area contributed by atoms with Gasteiger partial charge in [0.25, 0.3) is 5.91 Å². The molecule has 0 bridgehead atoms. The van der Waals surface area contributed by atoms with Crippen LogP contribution in [0.2, 0.25) is 0 Å². The lowest BCUT2D eigenvalue weighted by atomic mass is 9.78. The first kappa shape index (κ1) is 26.2. The molecule has 3 N–H and O–H groups in total. The first-order chi connectivity index (χ1) is 16.6. The highest BCUT2D eigenvalue weighted by molar-refractivity contribution is 5.84. The fourth-order valence-electron chi connectivity index (χ4n) is 4.67. The summed E-state index contributed by atoms with van der Waals surface area (Å²) >= 11 is 0. The number of carbonyl (C=O) groups is 3. The van der Waals surface area contributed by atoms with E-state index in [1.807, 2.05) is 50.2 Å². The molecule has 0 fully saturated rings. The van der Waals surface area contributed by atoms with Crippen LogP contribution in [0.15, 0.2) is 48.5 Å². The van der Waals surface area contributed by atoms with E-state index in [-0.39, 0.29) is 25.0 Å². The molecule has 188 valence electrons. The number of carboxylic acids is 1. The van der Waals surface area contributed by atoms with Crippen molar-refractivity contribution in [1.82, 2.24) is 10.6 Å². The highest BCUT2D eigenvalue weighted by Gasteiger charge is 2.40. The van der Waals surface area contributed by atoms with Gasteiger partial charge in [-0.05, 0) is 42.0 Å². The van der Waals surface area contributed by atoms with E-state index in [9.17, 15) is 19.5 Å². The van der Waals surface area contributed by atoms with E-state index < -0.39 is 35.5 Å². The molecule has 8 nitrogen and oxygen atoms in total. The third kappa shape index (κ3) is 5.65. The monoisotopic (exact) mass is 482 g/mol. The number of ether oxygens (including phenoxy) is 2. The molecular formula is C27H34N2O6. The summed E-state index contributed by atoms with van der Waals surface area (Å²) in [6.45, 7) is 6.86. The lowest BCUT2D eigenvalue weighted by molar-refractivity contribution is -0.150. The van der Waals surface area contributed by atoms with Crippen molar-refractivity contribution < 1.29 is 29.0 Å². The number of methoxy groups -OCH3 is 1. The van der Waals surface area contributed by atoms with Crippen LogP contribution in [0.1, 0.15) is 44.7 Å². The number of carbonyl (C=O) groups excluding carboxylic acids is 2. The maximum atomic E-state index is 12.8. The van der Waals surface area contributed by atoms with Crippen LogP contribution in [0.25, 0.3) is 11.1 Å². The average molecular weight is 483 g/mol. The van der Waals surface area contributed by atoms with Gasteiger partial charge in [0.1, 0.15) is 6.61 Å². The highest BCUT2D eigenvalue weighted by Crippen LogP contribution is 2.44. The van der Waals surface area contributed by atoms with Crippen molar-refractivity contribution in [2.45, 2.75) is 45.8 Å². The molecular weight excluding hydrogens is 448 g/mol. The summed E-state index contributed by atoms with van der Waals surface area (Å²) in [5.41, 5.74) is 3.31. The predicted molar refractivity (Wildman–Crippen MR) is 132 cm³/mol. The number of benzene rings is 2. The molecule has 0 aromatic heterocycles. The predicted octanol–water partition coefficient (Wildman–Crippen LogP) is 3.79. The Balaban J connectivity index is 1.58. The van der Waals surface area contributed by atoms with Crippen LogP contribution in [0.3, 0.4) is 0 Å². The van der Waals surface area contributed by atoms with Crippen LogP contribution in [0.4, 0.5) is 4.79 Å². The van der Waals surface area contributed by atoms with E-state index >= 15 is 0 Å². The summed E-state index contributed by atoms with van der Waals surface area (Å²) in [5, 5.41) is 14.9. The zero-order valence-electron chi connectivity index (χ0n) is 20.8. The molecule has 0 spiro atoms. The van der Waals surface area contributed by atoms with Crippen LogP contribution >= 0.6 is 0 Å². The minimum atomic E-state index is -1.18. The molecule has 1 aliphatic rings. The van der Waals surface area contributed by atoms with Crippen LogP contribution in [-0.2, 0) is 19.1 Å². The zero-order chi connectivity index (χ0) is 25.8. The van der Waals surface area contributed by atoms with E-state index in [1.54, 1.807) is 13.8 Å². The van der Waals surface area contributed by atoms with Gasteiger partial charge in [-0.25, -0.2) is 4.79 Å². The minimum Gasteiger partial charge on any atom is -0.481 e. The van der Waals surface area contributed by atoms with Crippen LogP contribution in [-0.4, -0.2) is 55.5 Å². The number of hydrogen-bond acceptors (Lipinski definition) is 5. The summed E-state index contributed by atoms with van der Waals surface area (Å²) in [4.78, 5) is 36.9. The lowest BCUT2D eigenvalue weighted by Gasteiger charge is -2.35. The van der Waals surface area contributed by atoms with E-state index in [0.717, 1.165) is 22.3 Å². The zero-order valence-corrected chi connectivity index (χ0v) is 20.8. The van der Waals surface area contributed by atoms with Gasteiger partial charge in [0.2, 0.25) is 0 Å². The fraction of sp³-hybridized carbons (Fsp3) is 0.444. The molecule has 0 aliphatic heterocycles. The normalized spacial score (nSPS) is 14.6. The van der Waals surface area contributed by atoms with Crippen molar-refractivity contribution in [3.8, 4) is 11.1 Å². The number of carboxylic acid groups (broad SMARTS) is 1. The fourth-order valence-corrected chi connectivity index (χ4v) is 4.67. The Kier molecular flexibility index (Phi) is 8.17. The van der Waals surface area contributed by atoms with Crippen molar-refractivity contribution in [3.05, 3.63) is 59.7 Å². The van der Waals surface area contributed by atoms with Crippen LogP contribution in [0, 0.1) is 11.3 Å². The maximum absolute atomic E-state index is 12.8. The van der Waals surface area contributed by atoms with Crippen molar-refractivity contribution in [3.63, 3.8) is 0 Å². The summed E-state index contributed by atoms with van der Waals surface area (Å²) in [5.74, 6) is -1.71. The van der Waals surface area contributed by atoms with Crippen molar-refractivity contribution in [2.75, 3.05) is 20.3 Å². The van der Waals surface area contributed by atoms with Gasteiger partial charge in [-0.15, -0.1) is 0 Å². The Morgan fingerprint density at radius 2 is 1.54 bits per heavy atom.